The van der Waals surface area contributed by atoms with Crippen molar-refractivity contribution in [2.24, 2.45) is 11.8 Å². The van der Waals surface area contributed by atoms with Gasteiger partial charge in [0.1, 0.15) is 0 Å². The van der Waals surface area contributed by atoms with Gasteiger partial charge in [-0.2, -0.15) is 0 Å². The Morgan fingerprint density at radius 3 is 2.52 bits per heavy atom. The van der Waals surface area contributed by atoms with Crippen molar-refractivity contribution in [2.75, 3.05) is 16.8 Å². The lowest BCUT2D eigenvalue weighted by Gasteiger charge is -2.31. The molecule has 2 rings (SSSR count). The van der Waals surface area contributed by atoms with Gasteiger partial charge in [-0.05, 0) is 43.4 Å². The molecule has 0 saturated heterocycles. The highest BCUT2D eigenvalue weighted by Gasteiger charge is 2.25. The summed E-state index contributed by atoms with van der Waals surface area (Å²) in [5.74, 6) is 0.227. The van der Waals surface area contributed by atoms with Gasteiger partial charge in [-0.25, -0.2) is 0 Å². The molecule has 4 nitrogen and oxygen atoms in total. The van der Waals surface area contributed by atoms with Crippen LogP contribution >= 0.6 is 0 Å². The molecule has 0 fully saturated rings. The van der Waals surface area contributed by atoms with E-state index in [9.17, 15) is 9.59 Å². The Labute approximate surface area is 139 Å². The van der Waals surface area contributed by atoms with Gasteiger partial charge in [0.25, 0.3) is 0 Å². The second-order valence-electron chi connectivity index (χ2n) is 6.59. The van der Waals surface area contributed by atoms with Crippen LogP contribution in [0.25, 0.3) is 0 Å². The first-order valence-corrected chi connectivity index (χ1v) is 8.73. The van der Waals surface area contributed by atoms with Gasteiger partial charge < -0.3 is 10.2 Å². The van der Waals surface area contributed by atoms with Crippen LogP contribution in [0.4, 0.5) is 11.4 Å². The largest absolute Gasteiger partial charge is 0.326 e. The Kier molecular flexibility index (Phi) is 5.80. The minimum atomic E-state index is -0.0243. The molecule has 0 unspecified atom stereocenters. The molecule has 0 radical (unpaired) electrons. The Balaban J connectivity index is 2.24. The fraction of sp³-hybridized carbons (Fsp3) is 0.579. The second-order valence-corrected chi connectivity index (χ2v) is 6.59. The third kappa shape index (κ3) is 3.92. The monoisotopic (exact) mass is 316 g/mol. The summed E-state index contributed by atoms with van der Waals surface area (Å²) in [5, 5.41) is 3.01. The number of benzene rings is 1. The molecule has 1 N–H and O–H groups in total. The number of hydrogen-bond donors (Lipinski definition) is 1. The third-order valence-electron chi connectivity index (χ3n) is 4.59. The summed E-state index contributed by atoms with van der Waals surface area (Å²) in [5.41, 5.74) is 2.92. The molecule has 126 valence electrons. The predicted molar refractivity (Wildman–Crippen MR) is 94.7 cm³/mol. The minimum Gasteiger partial charge on any atom is -0.326 e. The highest BCUT2D eigenvalue weighted by molar-refractivity contribution is 5.98. The van der Waals surface area contributed by atoms with Crippen LogP contribution in [0.1, 0.15) is 52.5 Å². The van der Waals surface area contributed by atoms with Gasteiger partial charge in [0.2, 0.25) is 11.8 Å². The van der Waals surface area contributed by atoms with Crippen molar-refractivity contribution in [3.8, 4) is 0 Å². The Morgan fingerprint density at radius 2 is 1.91 bits per heavy atom. The number of rotatable bonds is 5. The summed E-state index contributed by atoms with van der Waals surface area (Å²) < 4.78 is 0. The maximum atomic E-state index is 12.4. The topological polar surface area (TPSA) is 49.4 Å². The van der Waals surface area contributed by atoms with Crippen molar-refractivity contribution in [3.05, 3.63) is 23.8 Å². The zero-order chi connectivity index (χ0) is 17.0. The van der Waals surface area contributed by atoms with E-state index in [1.54, 1.807) is 0 Å². The average Bonchev–Trinajstić information content (AvgIpc) is 2.54. The van der Waals surface area contributed by atoms with Crippen molar-refractivity contribution in [3.63, 3.8) is 0 Å². The smallest absolute Gasteiger partial charge is 0.229 e. The first kappa shape index (κ1) is 17.5. The molecule has 1 aromatic carbocycles. The number of hydrogen-bond acceptors (Lipinski definition) is 2. The number of anilines is 2. The van der Waals surface area contributed by atoms with Gasteiger partial charge in [-0.15, -0.1) is 0 Å². The first-order chi connectivity index (χ1) is 11.0. The molecule has 1 aliphatic heterocycles. The van der Waals surface area contributed by atoms with Crippen LogP contribution in [0.5, 0.6) is 0 Å². The van der Waals surface area contributed by atoms with Crippen LogP contribution in [0, 0.1) is 11.8 Å². The van der Waals surface area contributed by atoms with Gasteiger partial charge >= 0.3 is 0 Å². The second kappa shape index (κ2) is 7.62. The summed E-state index contributed by atoms with van der Waals surface area (Å²) in [6.45, 7) is 8.67. The summed E-state index contributed by atoms with van der Waals surface area (Å²) in [6.07, 6.45) is 3.65. The van der Waals surface area contributed by atoms with E-state index in [1.165, 1.54) is 5.56 Å². The number of fused-ring (bicyclic) bond motifs is 1. The van der Waals surface area contributed by atoms with Gasteiger partial charge in [0.05, 0.1) is 0 Å². The molecule has 0 aromatic heterocycles. The van der Waals surface area contributed by atoms with Crippen LogP contribution in [0.3, 0.4) is 0 Å². The number of nitrogens with one attached hydrogen (secondary N) is 1. The summed E-state index contributed by atoms with van der Waals surface area (Å²) >= 11 is 0. The third-order valence-corrected chi connectivity index (χ3v) is 4.59. The Morgan fingerprint density at radius 1 is 1.22 bits per heavy atom. The fourth-order valence-corrected chi connectivity index (χ4v) is 3.10. The molecular weight excluding hydrogens is 288 g/mol. The lowest BCUT2D eigenvalue weighted by molar-refractivity contribution is -0.121. The SMILES string of the molecule is CCC(CC)C(=O)Nc1ccc2c(c1)N(C(=O)C(C)C)CCC2. The number of carbonyl (C=O) groups is 2. The molecule has 23 heavy (non-hydrogen) atoms. The molecule has 0 spiro atoms. The molecule has 1 heterocycles. The fourth-order valence-electron chi connectivity index (χ4n) is 3.10. The summed E-state index contributed by atoms with van der Waals surface area (Å²) in [6, 6.07) is 5.94. The van der Waals surface area contributed by atoms with Gasteiger partial charge in [-0.1, -0.05) is 33.8 Å². The van der Waals surface area contributed by atoms with Crippen LogP contribution in [-0.4, -0.2) is 18.4 Å². The Bertz CT molecular complexity index is 577. The summed E-state index contributed by atoms with van der Waals surface area (Å²) in [7, 11) is 0. The zero-order valence-electron chi connectivity index (χ0n) is 14.7. The van der Waals surface area contributed by atoms with E-state index in [0.717, 1.165) is 43.6 Å². The van der Waals surface area contributed by atoms with Crippen molar-refractivity contribution in [1.82, 2.24) is 0 Å². The zero-order valence-corrected chi connectivity index (χ0v) is 14.7. The standard InChI is InChI=1S/C19H28N2O2/c1-5-14(6-2)18(22)20-16-10-9-15-8-7-11-21(17(15)12-16)19(23)13(3)4/h9-10,12-14H,5-8,11H2,1-4H3,(H,20,22). The lowest BCUT2D eigenvalue weighted by atomic mass is 9.99. The van der Waals surface area contributed by atoms with E-state index in [-0.39, 0.29) is 23.7 Å². The average molecular weight is 316 g/mol. The lowest BCUT2D eigenvalue weighted by Crippen LogP contribution is -2.38. The maximum absolute atomic E-state index is 12.4. The molecule has 1 aliphatic rings. The Hall–Kier alpha value is -1.84. The first-order valence-electron chi connectivity index (χ1n) is 8.73. The van der Waals surface area contributed by atoms with E-state index >= 15 is 0 Å². The molecule has 0 aliphatic carbocycles. The molecule has 0 atom stereocenters. The highest BCUT2D eigenvalue weighted by Crippen LogP contribution is 2.31. The van der Waals surface area contributed by atoms with E-state index in [2.05, 4.69) is 5.32 Å². The van der Waals surface area contributed by atoms with Gasteiger partial charge in [0, 0.05) is 29.8 Å². The van der Waals surface area contributed by atoms with Crippen molar-refractivity contribution >= 4 is 23.2 Å². The minimum absolute atomic E-state index is 0.0243. The van der Waals surface area contributed by atoms with Crippen LogP contribution in [0.15, 0.2) is 18.2 Å². The van der Waals surface area contributed by atoms with Crippen LogP contribution in [-0.2, 0) is 16.0 Å². The predicted octanol–water partition coefficient (Wildman–Crippen LogP) is 4.00. The van der Waals surface area contributed by atoms with E-state index in [0.29, 0.717) is 0 Å². The van der Waals surface area contributed by atoms with E-state index in [4.69, 9.17) is 0 Å². The molecule has 0 bridgehead atoms. The molecular formula is C19H28N2O2. The quantitative estimate of drug-likeness (QED) is 0.892. The van der Waals surface area contributed by atoms with E-state index < -0.39 is 0 Å². The normalized spacial score (nSPS) is 14.1. The van der Waals surface area contributed by atoms with Crippen molar-refractivity contribution < 1.29 is 9.59 Å². The van der Waals surface area contributed by atoms with Crippen LogP contribution in [0.2, 0.25) is 0 Å². The molecule has 0 saturated carbocycles. The van der Waals surface area contributed by atoms with Crippen molar-refractivity contribution in [2.45, 2.75) is 53.4 Å². The number of amides is 2. The molecule has 1 aromatic rings. The highest BCUT2D eigenvalue weighted by atomic mass is 16.2. The number of nitrogens with zero attached hydrogens (tertiary/aromatic N) is 1. The van der Waals surface area contributed by atoms with E-state index in [1.807, 2.05) is 50.8 Å². The van der Waals surface area contributed by atoms with Crippen LogP contribution < -0.4 is 10.2 Å². The number of aryl methyl sites for hydroxylation is 1. The van der Waals surface area contributed by atoms with Crippen molar-refractivity contribution in [1.29, 1.82) is 0 Å². The summed E-state index contributed by atoms with van der Waals surface area (Å²) in [4.78, 5) is 26.6. The number of carbonyl (C=O) groups excluding carboxylic acids is 2. The maximum Gasteiger partial charge on any atom is 0.229 e. The molecule has 4 heteroatoms. The van der Waals surface area contributed by atoms with Gasteiger partial charge in [0.15, 0.2) is 0 Å². The van der Waals surface area contributed by atoms with Gasteiger partial charge in [-0.3, -0.25) is 9.59 Å². The molecule has 2 amide bonds.